The molecule has 1 amide bonds. The molecule has 0 saturated heterocycles. The molecule has 3 aromatic rings. The number of alkyl halides is 3. The smallest absolute Gasteiger partial charge is 0.416 e. The molecule has 170 valence electrons. The zero-order chi connectivity index (χ0) is 23.5. The second-order valence-corrected chi connectivity index (χ2v) is 8.22. The van der Waals surface area contributed by atoms with Crippen LogP contribution in [0, 0.1) is 0 Å². The summed E-state index contributed by atoms with van der Waals surface area (Å²) in [5.74, 6) is 0.493. The average molecular weight is 465 g/mol. The van der Waals surface area contributed by atoms with Crippen molar-refractivity contribution >= 4 is 17.2 Å². The van der Waals surface area contributed by atoms with Crippen molar-refractivity contribution in [1.29, 1.82) is 0 Å². The van der Waals surface area contributed by atoms with Gasteiger partial charge in [0.05, 0.1) is 12.7 Å². The molecule has 0 fully saturated rings. The Morgan fingerprint density at radius 2 is 1.88 bits per heavy atom. The van der Waals surface area contributed by atoms with E-state index in [1.165, 1.54) is 36.6 Å². The molecule has 1 aromatic heterocycles. The van der Waals surface area contributed by atoms with E-state index in [9.17, 15) is 18.0 Å². The highest BCUT2D eigenvalue weighted by molar-refractivity contribution is 7.13. The number of carbonyl (C=O) groups excluding carboxylic acids is 1. The fraction of sp³-hybridized carbons (Fsp3) is 0.304. The summed E-state index contributed by atoms with van der Waals surface area (Å²) in [6.07, 6.45) is -4.46. The molecule has 0 spiro atoms. The number of rotatable bonds is 7. The van der Waals surface area contributed by atoms with Crippen LogP contribution in [0.25, 0.3) is 10.6 Å². The van der Waals surface area contributed by atoms with Gasteiger partial charge in [0.25, 0.3) is 5.91 Å². The van der Waals surface area contributed by atoms with E-state index >= 15 is 0 Å². The van der Waals surface area contributed by atoms with Crippen LogP contribution in [0.1, 0.15) is 35.5 Å². The number of methoxy groups -OCH3 is 1. The largest absolute Gasteiger partial charge is 0.493 e. The number of benzene rings is 2. The van der Waals surface area contributed by atoms with Crippen molar-refractivity contribution in [3.05, 3.63) is 64.7 Å². The Hall–Kier alpha value is -3.07. The Kier molecular flexibility index (Phi) is 7.08. The van der Waals surface area contributed by atoms with Crippen LogP contribution in [0.2, 0.25) is 0 Å². The predicted octanol–water partition coefficient (Wildman–Crippen LogP) is 5.90. The molecule has 0 atom stereocenters. The minimum atomic E-state index is -4.46. The number of thiazole rings is 1. The number of halogens is 3. The average Bonchev–Trinajstić information content (AvgIpc) is 3.26. The summed E-state index contributed by atoms with van der Waals surface area (Å²) in [6.45, 7) is 3.58. The number of nitrogens with zero attached hydrogens (tertiary/aromatic N) is 2. The van der Waals surface area contributed by atoms with Gasteiger partial charge in [0, 0.05) is 29.6 Å². The van der Waals surface area contributed by atoms with E-state index in [2.05, 4.69) is 4.98 Å². The van der Waals surface area contributed by atoms with Crippen molar-refractivity contribution in [1.82, 2.24) is 9.88 Å². The zero-order valence-corrected chi connectivity index (χ0v) is 18.9. The first kappa shape index (κ1) is 23.6. The van der Waals surface area contributed by atoms with E-state index in [4.69, 9.17) is 9.47 Å². The first-order valence-electron chi connectivity index (χ1n) is 9.80. The lowest BCUT2D eigenvalue weighted by molar-refractivity contribution is -0.138. The van der Waals surface area contributed by atoms with E-state index < -0.39 is 11.7 Å². The molecule has 3 rings (SSSR count). The molecule has 0 N–H and O–H groups in total. The van der Waals surface area contributed by atoms with Crippen LogP contribution >= 0.6 is 11.3 Å². The van der Waals surface area contributed by atoms with E-state index in [1.807, 2.05) is 13.8 Å². The SMILES string of the molecule is COc1cc(-c2nc(C(=O)N(C)C(C)C)cs2)ccc1OCc1ccccc1C(F)(F)F. The second kappa shape index (κ2) is 9.60. The molecule has 0 unspecified atom stereocenters. The van der Waals surface area contributed by atoms with Gasteiger partial charge in [0.15, 0.2) is 11.5 Å². The van der Waals surface area contributed by atoms with Crippen molar-refractivity contribution in [3.63, 3.8) is 0 Å². The highest BCUT2D eigenvalue weighted by Gasteiger charge is 2.33. The molecule has 0 bridgehead atoms. The van der Waals surface area contributed by atoms with Crippen LogP contribution in [0.4, 0.5) is 13.2 Å². The number of aromatic nitrogens is 1. The van der Waals surface area contributed by atoms with Crippen molar-refractivity contribution in [2.45, 2.75) is 32.7 Å². The van der Waals surface area contributed by atoms with Crippen molar-refractivity contribution < 1.29 is 27.4 Å². The van der Waals surface area contributed by atoms with E-state index in [-0.39, 0.29) is 24.1 Å². The summed E-state index contributed by atoms with van der Waals surface area (Å²) in [6, 6.07) is 10.4. The lowest BCUT2D eigenvalue weighted by atomic mass is 10.1. The lowest BCUT2D eigenvalue weighted by Gasteiger charge is -2.20. The third-order valence-corrected chi connectivity index (χ3v) is 5.83. The Bertz CT molecular complexity index is 1100. The van der Waals surface area contributed by atoms with E-state index in [1.54, 1.807) is 35.5 Å². The van der Waals surface area contributed by atoms with Crippen LogP contribution in [-0.2, 0) is 12.8 Å². The van der Waals surface area contributed by atoms with Crippen LogP contribution in [0.5, 0.6) is 11.5 Å². The Morgan fingerprint density at radius 1 is 1.16 bits per heavy atom. The number of ether oxygens (including phenoxy) is 2. The molecule has 0 saturated carbocycles. The van der Waals surface area contributed by atoms with Gasteiger partial charge < -0.3 is 14.4 Å². The Balaban J connectivity index is 1.80. The van der Waals surface area contributed by atoms with Crippen LogP contribution < -0.4 is 9.47 Å². The summed E-state index contributed by atoms with van der Waals surface area (Å²) in [4.78, 5) is 18.5. The van der Waals surface area contributed by atoms with E-state index in [0.29, 0.717) is 27.8 Å². The van der Waals surface area contributed by atoms with Crippen molar-refractivity contribution in [2.24, 2.45) is 0 Å². The predicted molar refractivity (Wildman–Crippen MR) is 117 cm³/mol. The summed E-state index contributed by atoms with van der Waals surface area (Å²) in [5.41, 5.74) is 0.357. The molecule has 0 aliphatic carbocycles. The minimum absolute atomic E-state index is 0.0310. The molecular formula is C23H23F3N2O3S. The maximum absolute atomic E-state index is 13.2. The van der Waals surface area contributed by atoms with Gasteiger partial charge in [-0.2, -0.15) is 13.2 Å². The molecule has 0 aliphatic rings. The number of hydrogen-bond donors (Lipinski definition) is 0. The molecule has 9 heteroatoms. The molecule has 0 aliphatic heterocycles. The molecular weight excluding hydrogens is 441 g/mol. The molecule has 0 radical (unpaired) electrons. The molecule has 1 heterocycles. The highest BCUT2D eigenvalue weighted by atomic mass is 32.1. The maximum atomic E-state index is 13.2. The fourth-order valence-corrected chi connectivity index (χ4v) is 3.71. The van der Waals surface area contributed by atoms with Crippen LogP contribution in [0.3, 0.4) is 0 Å². The van der Waals surface area contributed by atoms with Gasteiger partial charge in [0.2, 0.25) is 0 Å². The fourth-order valence-electron chi connectivity index (χ4n) is 2.92. The third-order valence-electron chi connectivity index (χ3n) is 4.93. The van der Waals surface area contributed by atoms with Gasteiger partial charge >= 0.3 is 6.18 Å². The number of carbonyl (C=O) groups is 1. The van der Waals surface area contributed by atoms with Crippen LogP contribution in [-0.4, -0.2) is 36.0 Å². The molecule has 2 aromatic carbocycles. The number of hydrogen-bond acceptors (Lipinski definition) is 5. The maximum Gasteiger partial charge on any atom is 0.416 e. The minimum Gasteiger partial charge on any atom is -0.493 e. The van der Waals surface area contributed by atoms with Gasteiger partial charge in [-0.15, -0.1) is 11.3 Å². The zero-order valence-electron chi connectivity index (χ0n) is 18.1. The van der Waals surface area contributed by atoms with Crippen LogP contribution in [0.15, 0.2) is 47.8 Å². The highest BCUT2D eigenvalue weighted by Crippen LogP contribution is 2.36. The summed E-state index contributed by atoms with van der Waals surface area (Å²) in [5, 5.41) is 2.32. The van der Waals surface area contributed by atoms with Gasteiger partial charge in [-0.1, -0.05) is 18.2 Å². The Morgan fingerprint density at radius 3 is 2.53 bits per heavy atom. The topological polar surface area (TPSA) is 51.7 Å². The quantitative estimate of drug-likeness (QED) is 0.437. The summed E-state index contributed by atoms with van der Waals surface area (Å²) in [7, 11) is 3.17. The Labute approximate surface area is 188 Å². The third kappa shape index (κ3) is 5.21. The summed E-state index contributed by atoms with van der Waals surface area (Å²) < 4.78 is 50.6. The molecule has 32 heavy (non-hydrogen) atoms. The normalized spacial score (nSPS) is 11.5. The van der Waals surface area contributed by atoms with Gasteiger partial charge in [-0.25, -0.2) is 4.98 Å². The lowest BCUT2D eigenvalue weighted by Crippen LogP contribution is -2.33. The van der Waals surface area contributed by atoms with Crippen molar-refractivity contribution in [2.75, 3.05) is 14.2 Å². The molecule has 5 nitrogen and oxygen atoms in total. The standard InChI is InChI=1S/C23H23F3N2O3S/c1-14(2)28(3)22(29)18-13-32-21(27-18)15-9-10-19(20(11-15)30-4)31-12-16-7-5-6-8-17(16)23(24,25)26/h5-11,13-14H,12H2,1-4H3. The van der Waals surface area contributed by atoms with Gasteiger partial charge in [0.1, 0.15) is 17.3 Å². The van der Waals surface area contributed by atoms with Gasteiger partial charge in [-0.05, 0) is 38.1 Å². The first-order valence-corrected chi connectivity index (χ1v) is 10.7. The number of amides is 1. The monoisotopic (exact) mass is 464 g/mol. The van der Waals surface area contributed by atoms with Crippen molar-refractivity contribution in [3.8, 4) is 22.1 Å². The van der Waals surface area contributed by atoms with Gasteiger partial charge in [-0.3, -0.25) is 4.79 Å². The second-order valence-electron chi connectivity index (χ2n) is 7.36. The first-order chi connectivity index (χ1) is 15.1. The summed E-state index contributed by atoms with van der Waals surface area (Å²) >= 11 is 1.32. The van der Waals surface area contributed by atoms with E-state index in [0.717, 1.165) is 6.07 Å².